The van der Waals surface area contributed by atoms with E-state index in [0.717, 1.165) is 19.3 Å². The molecule has 20 heavy (non-hydrogen) atoms. The Labute approximate surface area is 123 Å². The average Bonchev–Trinajstić information content (AvgIpc) is 2.38. The van der Waals surface area contributed by atoms with Crippen LogP contribution in [0.2, 0.25) is 0 Å². The quantitative estimate of drug-likeness (QED) is 0.207. The van der Waals surface area contributed by atoms with E-state index in [9.17, 15) is 4.57 Å². The molecule has 0 aromatic heterocycles. The van der Waals surface area contributed by atoms with Crippen molar-refractivity contribution < 1.29 is 24.1 Å². The van der Waals surface area contributed by atoms with Crippen molar-refractivity contribution in [3.05, 3.63) is 0 Å². The molecule has 6 heteroatoms. The largest absolute Gasteiger partial charge is 0.325 e. The van der Waals surface area contributed by atoms with E-state index in [0.29, 0.717) is 19.6 Å². The molecule has 0 radical (unpaired) electrons. The minimum atomic E-state index is -3.77. The molecule has 0 aromatic rings. The summed E-state index contributed by atoms with van der Waals surface area (Å²) in [6.07, 6.45) is 11.1. The van der Waals surface area contributed by atoms with Gasteiger partial charge in [0.2, 0.25) is 0 Å². The topological polar surface area (TPSA) is 76.0 Å². The Morgan fingerprint density at radius 1 is 0.750 bits per heavy atom. The molecular formula is C14H31O5P. The van der Waals surface area contributed by atoms with Gasteiger partial charge in [-0.1, -0.05) is 51.4 Å². The molecule has 0 saturated carbocycles. The Morgan fingerprint density at radius 3 is 1.65 bits per heavy atom. The minimum Gasteiger partial charge on any atom is -0.324 e. The van der Waals surface area contributed by atoms with Gasteiger partial charge in [-0.3, -0.25) is 4.57 Å². The highest BCUT2D eigenvalue weighted by molar-refractivity contribution is 7.51. The standard InChI is InChI=1S/C14H31O5P/c1-2-18-19-13-11-9-7-5-3-4-6-8-10-12-14-20(15,16)17/h2-14H2,1H3,(H2,15,16,17). The van der Waals surface area contributed by atoms with E-state index in [-0.39, 0.29) is 6.16 Å². The molecule has 0 fully saturated rings. The van der Waals surface area contributed by atoms with E-state index in [1.807, 2.05) is 6.92 Å². The lowest BCUT2D eigenvalue weighted by molar-refractivity contribution is -0.291. The van der Waals surface area contributed by atoms with Crippen molar-refractivity contribution in [3.63, 3.8) is 0 Å². The lowest BCUT2D eigenvalue weighted by Gasteiger charge is -2.04. The SMILES string of the molecule is CCOOCCCCCCCCCCCCP(=O)(O)O. The van der Waals surface area contributed by atoms with Crippen LogP contribution in [0, 0.1) is 0 Å². The maximum atomic E-state index is 10.6. The van der Waals surface area contributed by atoms with Crippen LogP contribution in [0.1, 0.15) is 71.1 Å². The van der Waals surface area contributed by atoms with Crippen molar-refractivity contribution >= 4 is 7.60 Å². The van der Waals surface area contributed by atoms with Crippen molar-refractivity contribution in [2.24, 2.45) is 0 Å². The van der Waals surface area contributed by atoms with Crippen LogP contribution >= 0.6 is 7.60 Å². The molecule has 0 atom stereocenters. The molecular weight excluding hydrogens is 279 g/mol. The first-order chi connectivity index (χ1) is 9.56. The van der Waals surface area contributed by atoms with Gasteiger partial charge in [0.25, 0.3) is 0 Å². The second-order valence-electron chi connectivity index (χ2n) is 5.15. The third-order valence-electron chi connectivity index (χ3n) is 3.13. The number of unbranched alkanes of at least 4 members (excludes halogenated alkanes) is 9. The fourth-order valence-corrected chi connectivity index (χ4v) is 2.67. The number of hydrogen-bond donors (Lipinski definition) is 2. The maximum Gasteiger partial charge on any atom is 0.325 e. The number of rotatable bonds is 15. The predicted octanol–water partition coefficient (Wildman–Crippen LogP) is 4.03. The Balaban J connectivity index is 3.01. The fraction of sp³-hybridized carbons (Fsp3) is 1.00. The van der Waals surface area contributed by atoms with Crippen molar-refractivity contribution in [1.82, 2.24) is 0 Å². The molecule has 0 aromatic carbocycles. The summed E-state index contributed by atoms with van der Waals surface area (Å²) in [4.78, 5) is 27.1. The first kappa shape index (κ1) is 20.1. The van der Waals surface area contributed by atoms with Crippen LogP contribution in [0.3, 0.4) is 0 Å². The van der Waals surface area contributed by atoms with E-state index < -0.39 is 7.60 Å². The van der Waals surface area contributed by atoms with Gasteiger partial charge in [-0.15, -0.1) is 0 Å². The summed E-state index contributed by atoms with van der Waals surface area (Å²) in [6, 6.07) is 0. The van der Waals surface area contributed by atoms with Gasteiger partial charge in [0.1, 0.15) is 0 Å². The predicted molar refractivity (Wildman–Crippen MR) is 80.7 cm³/mol. The Bertz CT molecular complexity index is 242. The normalized spacial score (nSPS) is 11.9. The first-order valence-electron chi connectivity index (χ1n) is 7.85. The zero-order valence-corrected chi connectivity index (χ0v) is 13.7. The fourth-order valence-electron chi connectivity index (χ4n) is 2.04. The number of hydrogen-bond acceptors (Lipinski definition) is 3. The molecule has 0 bridgehead atoms. The van der Waals surface area contributed by atoms with Crippen LogP contribution < -0.4 is 0 Å². The van der Waals surface area contributed by atoms with Gasteiger partial charge in [0.15, 0.2) is 0 Å². The molecule has 0 spiro atoms. The minimum absolute atomic E-state index is 0.0385. The van der Waals surface area contributed by atoms with E-state index in [1.54, 1.807) is 0 Å². The summed E-state index contributed by atoms with van der Waals surface area (Å²) in [5, 5.41) is 0. The van der Waals surface area contributed by atoms with Gasteiger partial charge >= 0.3 is 7.60 Å². The monoisotopic (exact) mass is 310 g/mol. The summed E-state index contributed by atoms with van der Waals surface area (Å²) in [6.45, 7) is 3.20. The molecule has 0 rings (SSSR count). The zero-order valence-electron chi connectivity index (χ0n) is 12.8. The highest BCUT2D eigenvalue weighted by Gasteiger charge is 2.10. The second-order valence-corrected chi connectivity index (χ2v) is 6.93. The van der Waals surface area contributed by atoms with E-state index >= 15 is 0 Å². The van der Waals surface area contributed by atoms with Gasteiger partial charge in [0.05, 0.1) is 13.2 Å². The van der Waals surface area contributed by atoms with E-state index in [2.05, 4.69) is 0 Å². The van der Waals surface area contributed by atoms with Gasteiger partial charge in [0, 0.05) is 6.16 Å². The third-order valence-corrected chi connectivity index (χ3v) is 4.03. The summed E-state index contributed by atoms with van der Waals surface area (Å²) in [7, 11) is -3.77. The summed E-state index contributed by atoms with van der Waals surface area (Å²) in [5.41, 5.74) is 0. The Hall–Kier alpha value is 0.0700. The molecule has 0 aliphatic carbocycles. The maximum absolute atomic E-state index is 10.6. The molecule has 2 N–H and O–H groups in total. The van der Waals surface area contributed by atoms with Crippen molar-refractivity contribution in [2.75, 3.05) is 19.4 Å². The molecule has 0 unspecified atom stereocenters. The van der Waals surface area contributed by atoms with Crippen LogP contribution in [-0.2, 0) is 14.3 Å². The van der Waals surface area contributed by atoms with Gasteiger partial charge < -0.3 is 9.79 Å². The van der Waals surface area contributed by atoms with E-state index in [4.69, 9.17) is 19.6 Å². The van der Waals surface area contributed by atoms with Crippen molar-refractivity contribution in [1.29, 1.82) is 0 Å². The van der Waals surface area contributed by atoms with E-state index in [1.165, 1.54) is 38.5 Å². The van der Waals surface area contributed by atoms with Crippen LogP contribution in [0.5, 0.6) is 0 Å². The first-order valence-corrected chi connectivity index (χ1v) is 9.65. The zero-order chi connectivity index (χ0) is 15.1. The van der Waals surface area contributed by atoms with Gasteiger partial charge in [-0.2, -0.15) is 0 Å². The molecule has 0 saturated heterocycles. The van der Waals surface area contributed by atoms with Crippen LogP contribution in [0.15, 0.2) is 0 Å². The molecule has 122 valence electrons. The van der Waals surface area contributed by atoms with Crippen LogP contribution in [0.4, 0.5) is 0 Å². The van der Waals surface area contributed by atoms with Crippen molar-refractivity contribution in [2.45, 2.75) is 71.1 Å². The third kappa shape index (κ3) is 18.1. The molecule has 0 aliphatic heterocycles. The lowest BCUT2D eigenvalue weighted by atomic mass is 10.1. The molecule has 0 amide bonds. The summed E-state index contributed by atoms with van der Waals surface area (Å²) < 4.78 is 10.6. The summed E-state index contributed by atoms with van der Waals surface area (Å²) in [5.74, 6) is 0. The highest BCUT2D eigenvalue weighted by atomic mass is 31.2. The second kappa shape index (κ2) is 14.0. The molecule has 5 nitrogen and oxygen atoms in total. The lowest BCUT2D eigenvalue weighted by Crippen LogP contribution is -1.95. The van der Waals surface area contributed by atoms with Crippen LogP contribution in [-0.4, -0.2) is 29.2 Å². The van der Waals surface area contributed by atoms with Gasteiger partial charge in [-0.25, -0.2) is 9.78 Å². The smallest absolute Gasteiger partial charge is 0.324 e. The average molecular weight is 310 g/mol. The molecule has 0 heterocycles. The highest BCUT2D eigenvalue weighted by Crippen LogP contribution is 2.35. The van der Waals surface area contributed by atoms with Crippen LogP contribution in [0.25, 0.3) is 0 Å². The van der Waals surface area contributed by atoms with Crippen molar-refractivity contribution in [3.8, 4) is 0 Å². The summed E-state index contributed by atoms with van der Waals surface area (Å²) >= 11 is 0. The Morgan fingerprint density at radius 2 is 1.20 bits per heavy atom. The molecule has 0 aliphatic rings. The Kier molecular flexibility index (Phi) is 14.1. The van der Waals surface area contributed by atoms with Gasteiger partial charge in [-0.05, 0) is 19.8 Å².